The molecule has 3 aromatic carbocycles. The number of oxazole rings is 1. The van der Waals surface area contributed by atoms with Crippen LogP contribution in [0.5, 0.6) is 0 Å². The van der Waals surface area contributed by atoms with Crippen molar-refractivity contribution in [3.63, 3.8) is 0 Å². The van der Waals surface area contributed by atoms with Gasteiger partial charge in [-0.05, 0) is 54.6 Å². The first-order valence-electron chi connectivity index (χ1n) is 10.6. The Bertz CT molecular complexity index is 1480. The number of alkyl halides is 3. The zero-order valence-corrected chi connectivity index (χ0v) is 19.0. The van der Waals surface area contributed by atoms with Crippen LogP contribution in [-0.2, 0) is 11.0 Å². The Morgan fingerprint density at radius 2 is 1.51 bits per heavy atom. The summed E-state index contributed by atoms with van der Waals surface area (Å²) in [5.41, 5.74) is -0.636. The van der Waals surface area contributed by atoms with E-state index < -0.39 is 22.6 Å². The van der Waals surface area contributed by atoms with E-state index >= 15 is 0 Å². The van der Waals surface area contributed by atoms with E-state index in [1.807, 2.05) is 0 Å². The molecule has 0 saturated heterocycles. The van der Waals surface area contributed by atoms with Crippen LogP contribution in [0.2, 0.25) is 0 Å². The number of hydrogen-bond donors (Lipinski definition) is 2. The molecule has 0 atom stereocenters. The number of rotatable bonds is 6. The van der Waals surface area contributed by atoms with Gasteiger partial charge in [0.15, 0.2) is 11.5 Å². The lowest BCUT2D eigenvalue weighted by atomic mass is 10.1. The fraction of sp³-hybridized carbons (Fsp3) is 0.0800. The molecule has 0 saturated carbocycles. The highest BCUT2D eigenvalue weighted by Gasteiger charge is 2.31. The lowest BCUT2D eigenvalue weighted by Crippen LogP contribution is -2.14. The summed E-state index contributed by atoms with van der Waals surface area (Å²) in [5, 5.41) is 16.8. The smallest absolute Gasteiger partial charge is 0.416 e. The number of amides is 2. The Kier molecular flexibility index (Phi) is 6.74. The Hall–Kier alpha value is -5.00. The summed E-state index contributed by atoms with van der Waals surface area (Å²) in [4.78, 5) is 39.5. The zero-order valence-electron chi connectivity index (χ0n) is 19.0. The molecule has 2 N–H and O–H groups in total. The number of para-hydroxylation sites is 1. The predicted molar refractivity (Wildman–Crippen MR) is 128 cm³/mol. The second-order valence-corrected chi connectivity index (χ2v) is 7.76. The molecule has 0 unspecified atom stereocenters. The second-order valence-electron chi connectivity index (χ2n) is 7.76. The van der Waals surface area contributed by atoms with Crippen LogP contribution >= 0.6 is 0 Å². The molecule has 0 aliphatic rings. The average molecular weight is 510 g/mol. The van der Waals surface area contributed by atoms with E-state index in [9.17, 15) is 32.9 Å². The fourth-order valence-electron chi connectivity index (χ4n) is 3.44. The van der Waals surface area contributed by atoms with Crippen molar-refractivity contribution in [2.75, 3.05) is 10.6 Å². The average Bonchev–Trinajstić information content (AvgIpc) is 3.30. The Balaban J connectivity index is 1.75. The predicted octanol–water partition coefficient (Wildman–Crippen LogP) is 6.15. The number of carbonyl (C=O) groups excluding carboxylic acids is 2. The molecule has 0 aliphatic heterocycles. The quantitative estimate of drug-likeness (QED) is 0.237. The number of anilines is 2. The van der Waals surface area contributed by atoms with Crippen molar-refractivity contribution in [2.24, 2.45) is 0 Å². The number of nitrogens with one attached hydrogen (secondary N) is 2. The maximum atomic E-state index is 13.2. The van der Waals surface area contributed by atoms with Gasteiger partial charge in [0.25, 0.3) is 11.6 Å². The number of hydrogen-bond acceptors (Lipinski definition) is 6. The molecule has 0 aliphatic carbocycles. The van der Waals surface area contributed by atoms with Crippen molar-refractivity contribution in [2.45, 2.75) is 13.1 Å². The molecule has 4 aromatic rings. The third-order valence-electron chi connectivity index (χ3n) is 5.11. The van der Waals surface area contributed by atoms with Crippen LogP contribution in [0.25, 0.3) is 22.8 Å². The molecular formula is C25H17F3N4O5. The topological polar surface area (TPSA) is 127 Å². The van der Waals surface area contributed by atoms with Crippen molar-refractivity contribution in [1.82, 2.24) is 4.98 Å². The monoisotopic (exact) mass is 510 g/mol. The molecule has 0 radical (unpaired) electrons. The summed E-state index contributed by atoms with van der Waals surface area (Å²) < 4.78 is 44.6. The van der Waals surface area contributed by atoms with Gasteiger partial charge in [0.05, 0.1) is 16.1 Å². The molecule has 4 rings (SSSR count). The summed E-state index contributed by atoms with van der Waals surface area (Å²) in [6.45, 7) is 1.35. The number of carbonyl (C=O) groups is 2. The van der Waals surface area contributed by atoms with E-state index in [1.54, 1.807) is 12.1 Å². The van der Waals surface area contributed by atoms with Crippen molar-refractivity contribution in [3.8, 4) is 22.8 Å². The van der Waals surface area contributed by atoms with Gasteiger partial charge >= 0.3 is 6.18 Å². The molecule has 2 amide bonds. The third kappa shape index (κ3) is 5.64. The lowest BCUT2D eigenvalue weighted by molar-refractivity contribution is -0.384. The van der Waals surface area contributed by atoms with Crippen LogP contribution in [-0.4, -0.2) is 21.7 Å². The first-order valence-corrected chi connectivity index (χ1v) is 10.6. The SMILES string of the molecule is CC(=O)Nc1ccc(NC(=O)c2nc(-c3ccc(C(F)(F)F)cc3)oc2-c2ccccc2[N+](=O)[O-])cc1. The van der Waals surface area contributed by atoms with Gasteiger partial charge in [-0.15, -0.1) is 0 Å². The van der Waals surface area contributed by atoms with E-state index in [4.69, 9.17) is 4.42 Å². The fourth-order valence-corrected chi connectivity index (χ4v) is 3.44. The lowest BCUT2D eigenvalue weighted by Gasteiger charge is -2.07. The van der Waals surface area contributed by atoms with Crippen LogP contribution in [0.1, 0.15) is 23.0 Å². The zero-order chi connectivity index (χ0) is 26.7. The minimum Gasteiger partial charge on any atom is -0.435 e. The Morgan fingerprint density at radius 3 is 2.08 bits per heavy atom. The van der Waals surface area contributed by atoms with Gasteiger partial charge in [-0.2, -0.15) is 13.2 Å². The number of halogens is 3. The van der Waals surface area contributed by atoms with E-state index in [1.165, 1.54) is 43.3 Å². The highest BCUT2D eigenvalue weighted by molar-refractivity contribution is 6.07. The van der Waals surface area contributed by atoms with Gasteiger partial charge in [-0.1, -0.05) is 12.1 Å². The minimum absolute atomic E-state index is 0.0377. The summed E-state index contributed by atoms with van der Waals surface area (Å²) in [6.07, 6.45) is -4.55. The maximum absolute atomic E-state index is 13.2. The van der Waals surface area contributed by atoms with Gasteiger partial charge in [0.2, 0.25) is 11.8 Å². The molecule has 188 valence electrons. The molecule has 12 heteroatoms. The number of nitrogens with zero attached hydrogens (tertiary/aromatic N) is 2. The normalized spacial score (nSPS) is 11.1. The molecule has 0 spiro atoms. The Labute approximate surface area is 207 Å². The standard InChI is InChI=1S/C25H17F3N4O5/c1-14(33)29-17-10-12-18(13-11-17)30-23(34)21-22(19-4-2-3-5-20(19)32(35)36)37-24(31-21)15-6-8-16(9-7-15)25(26,27)28/h2-13H,1H3,(H,29,33)(H,30,34). The van der Waals surface area contributed by atoms with Crippen molar-refractivity contribution in [1.29, 1.82) is 0 Å². The van der Waals surface area contributed by atoms with Crippen LogP contribution in [0.3, 0.4) is 0 Å². The molecular weight excluding hydrogens is 493 g/mol. The minimum atomic E-state index is -4.55. The number of benzene rings is 3. The number of aromatic nitrogens is 1. The molecule has 37 heavy (non-hydrogen) atoms. The molecule has 1 heterocycles. The van der Waals surface area contributed by atoms with Crippen molar-refractivity contribution in [3.05, 3.63) is 94.2 Å². The Morgan fingerprint density at radius 1 is 0.919 bits per heavy atom. The molecule has 0 bridgehead atoms. The third-order valence-corrected chi connectivity index (χ3v) is 5.11. The largest absolute Gasteiger partial charge is 0.435 e. The van der Waals surface area contributed by atoms with E-state index in [-0.39, 0.29) is 40.1 Å². The summed E-state index contributed by atoms with van der Waals surface area (Å²) in [7, 11) is 0. The number of nitro benzene ring substituents is 1. The highest BCUT2D eigenvalue weighted by Crippen LogP contribution is 2.37. The van der Waals surface area contributed by atoms with E-state index in [0.717, 1.165) is 24.3 Å². The highest BCUT2D eigenvalue weighted by atomic mass is 19.4. The maximum Gasteiger partial charge on any atom is 0.416 e. The van der Waals surface area contributed by atoms with E-state index in [0.29, 0.717) is 11.4 Å². The summed E-state index contributed by atoms with van der Waals surface area (Å²) >= 11 is 0. The van der Waals surface area contributed by atoms with Gasteiger partial charge in [-0.3, -0.25) is 19.7 Å². The first-order chi connectivity index (χ1) is 17.5. The van der Waals surface area contributed by atoms with Gasteiger partial charge in [0.1, 0.15) is 0 Å². The van der Waals surface area contributed by atoms with Crippen LogP contribution in [0, 0.1) is 10.1 Å². The van der Waals surface area contributed by atoms with Crippen LogP contribution in [0.15, 0.2) is 77.2 Å². The molecule has 0 fully saturated rings. The van der Waals surface area contributed by atoms with Crippen molar-refractivity contribution < 1.29 is 32.1 Å². The van der Waals surface area contributed by atoms with Crippen LogP contribution < -0.4 is 10.6 Å². The van der Waals surface area contributed by atoms with E-state index in [2.05, 4.69) is 15.6 Å². The van der Waals surface area contributed by atoms with Crippen molar-refractivity contribution >= 4 is 28.9 Å². The van der Waals surface area contributed by atoms with Crippen LogP contribution in [0.4, 0.5) is 30.2 Å². The summed E-state index contributed by atoms with van der Waals surface area (Å²) in [5.74, 6) is -1.48. The van der Waals surface area contributed by atoms with Gasteiger partial charge in [0, 0.05) is 29.9 Å². The number of nitro groups is 1. The molecule has 1 aromatic heterocycles. The second kappa shape index (κ2) is 9.93. The summed E-state index contributed by atoms with van der Waals surface area (Å²) in [6, 6.07) is 15.6. The molecule has 9 nitrogen and oxygen atoms in total. The first kappa shape index (κ1) is 25.1. The van der Waals surface area contributed by atoms with Gasteiger partial charge in [-0.25, -0.2) is 4.98 Å². The van der Waals surface area contributed by atoms with Gasteiger partial charge < -0.3 is 15.1 Å².